The number of rotatable bonds is 11. The Labute approximate surface area is 239 Å². The molecule has 0 spiro atoms. The molecule has 0 saturated carbocycles. The summed E-state index contributed by atoms with van der Waals surface area (Å²) in [5, 5.41) is 0.251. The molecule has 12 heteroatoms. The summed E-state index contributed by atoms with van der Waals surface area (Å²) < 4.78 is 24.4. The number of nitrogens with two attached hydrogens (primary N) is 2. The molecule has 0 saturated heterocycles. The predicted molar refractivity (Wildman–Crippen MR) is 155 cm³/mol. The van der Waals surface area contributed by atoms with E-state index in [-0.39, 0.29) is 28.3 Å². The second kappa shape index (κ2) is 12.5. The van der Waals surface area contributed by atoms with Crippen molar-refractivity contribution in [3.05, 3.63) is 89.1 Å². The SMILES string of the molecule is COc1ccccc1N(C)C(=O)COc1ccc(C(=O)c2sc(N(c3ccc(F)cc3)C(C)C(N)=O)nc2N)cc1. The Morgan fingerprint density at radius 3 is 2.32 bits per heavy atom. The van der Waals surface area contributed by atoms with Crippen LogP contribution in [-0.4, -0.2) is 49.4 Å². The molecule has 2 amide bonds. The van der Waals surface area contributed by atoms with Crippen molar-refractivity contribution in [2.45, 2.75) is 13.0 Å². The Morgan fingerprint density at radius 1 is 1.02 bits per heavy atom. The van der Waals surface area contributed by atoms with Crippen molar-refractivity contribution < 1.29 is 28.2 Å². The highest BCUT2D eigenvalue weighted by atomic mass is 32.1. The maximum Gasteiger partial charge on any atom is 0.264 e. The molecule has 4 rings (SSSR count). The second-order valence-electron chi connectivity index (χ2n) is 8.90. The molecular weight excluding hydrogens is 549 g/mol. The Bertz CT molecular complexity index is 1560. The number of amides is 2. The van der Waals surface area contributed by atoms with Gasteiger partial charge < -0.3 is 30.7 Å². The standard InChI is InChI=1S/C29H28FN5O5S/c1-17(28(32)38)35(20-12-10-19(30)11-13-20)29-33-27(31)26(41-29)25(37)18-8-14-21(15-9-18)40-16-24(36)34(2)22-6-4-5-7-23(22)39-3/h4-15,17H,16,31H2,1-3H3,(H2,32,38). The van der Waals surface area contributed by atoms with E-state index in [4.69, 9.17) is 20.9 Å². The lowest BCUT2D eigenvalue weighted by molar-refractivity contribution is -0.120. The van der Waals surface area contributed by atoms with Gasteiger partial charge in [-0.15, -0.1) is 0 Å². The fourth-order valence-corrected chi connectivity index (χ4v) is 4.98. The number of nitrogen functional groups attached to an aromatic ring is 1. The van der Waals surface area contributed by atoms with E-state index in [1.165, 1.54) is 41.2 Å². The zero-order chi connectivity index (χ0) is 29.7. The van der Waals surface area contributed by atoms with Gasteiger partial charge in [0.15, 0.2) is 11.7 Å². The monoisotopic (exact) mass is 577 g/mol. The molecule has 212 valence electrons. The first kappa shape index (κ1) is 29.0. The number of hydrogen-bond donors (Lipinski definition) is 2. The minimum absolute atomic E-state index is 0.0240. The molecule has 1 atom stereocenters. The number of hydrogen-bond acceptors (Lipinski definition) is 9. The molecule has 0 aliphatic heterocycles. The molecule has 1 unspecified atom stereocenters. The largest absolute Gasteiger partial charge is 0.495 e. The van der Waals surface area contributed by atoms with Crippen molar-refractivity contribution in [3.63, 3.8) is 0 Å². The first-order chi connectivity index (χ1) is 19.6. The van der Waals surface area contributed by atoms with Crippen molar-refractivity contribution in [3.8, 4) is 11.5 Å². The van der Waals surface area contributed by atoms with E-state index in [1.807, 2.05) is 6.07 Å². The Balaban J connectivity index is 1.48. The van der Waals surface area contributed by atoms with Crippen LogP contribution in [0.3, 0.4) is 0 Å². The van der Waals surface area contributed by atoms with Gasteiger partial charge in [-0.2, -0.15) is 0 Å². The van der Waals surface area contributed by atoms with Crippen LogP contribution in [0, 0.1) is 5.82 Å². The van der Waals surface area contributed by atoms with E-state index < -0.39 is 23.5 Å². The summed E-state index contributed by atoms with van der Waals surface area (Å²) in [6.07, 6.45) is 0. The molecule has 0 radical (unpaired) electrons. The van der Waals surface area contributed by atoms with Crippen LogP contribution in [0.1, 0.15) is 22.2 Å². The summed E-state index contributed by atoms with van der Waals surface area (Å²) in [5.74, 6) is -0.856. The van der Waals surface area contributed by atoms with E-state index in [2.05, 4.69) is 4.98 Å². The highest BCUT2D eigenvalue weighted by molar-refractivity contribution is 7.18. The minimum atomic E-state index is -0.852. The van der Waals surface area contributed by atoms with Crippen molar-refractivity contribution in [1.29, 1.82) is 0 Å². The number of thiazole rings is 1. The van der Waals surface area contributed by atoms with Crippen LogP contribution in [-0.2, 0) is 9.59 Å². The maximum absolute atomic E-state index is 13.5. The average molecular weight is 578 g/mol. The molecule has 3 aromatic carbocycles. The lowest BCUT2D eigenvalue weighted by Crippen LogP contribution is -2.39. The van der Waals surface area contributed by atoms with Gasteiger partial charge in [-0.05, 0) is 67.6 Å². The van der Waals surface area contributed by atoms with Crippen molar-refractivity contribution in [2.24, 2.45) is 5.73 Å². The molecular formula is C29H28FN5O5S. The quantitative estimate of drug-likeness (QED) is 0.253. The van der Waals surface area contributed by atoms with Gasteiger partial charge in [-0.1, -0.05) is 23.5 Å². The average Bonchev–Trinajstić information content (AvgIpc) is 3.36. The Kier molecular flexibility index (Phi) is 8.83. The lowest BCUT2D eigenvalue weighted by atomic mass is 10.1. The van der Waals surface area contributed by atoms with E-state index in [1.54, 1.807) is 56.4 Å². The second-order valence-corrected chi connectivity index (χ2v) is 9.88. The number of carbonyl (C=O) groups is 3. The molecule has 0 aliphatic carbocycles. The van der Waals surface area contributed by atoms with E-state index in [9.17, 15) is 18.8 Å². The van der Waals surface area contributed by atoms with Gasteiger partial charge in [0.25, 0.3) is 5.91 Å². The number of carbonyl (C=O) groups excluding carboxylic acids is 3. The molecule has 0 bridgehead atoms. The number of methoxy groups -OCH3 is 1. The number of primary amides is 1. The van der Waals surface area contributed by atoms with Gasteiger partial charge in [-0.25, -0.2) is 9.37 Å². The van der Waals surface area contributed by atoms with E-state index >= 15 is 0 Å². The van der Waals surface area contributed by atoms with Gasteiger partial charge in [0.05, 0.1) is 12.8 Å². The van der Waals surface area contributed by atoms with Crippen LogP contribution < -0.4 is 30.7 Å². The summed E-state index contributed by atoms with van der Waals surface area (Å²) in [7, 11) is 3.15. The molecule has 4 N–H and O–H groups in total. The first-order valence-corrected chi connectivity index (χ1v) is 13.2. The summed E-state index contributed by atoms with van der Waals surface area (Å²) in [5.41, 5.74) is 13.0. The summed E-state index contributed by atoms with van der Waals surface area (Å²) in [6, 6.07) is 18.0. The van der Waals surface area contributed by atoms with Crippen molar-refractivity contribution in [1.82, 2.24) is 4.98 Å². The highest BCUT2D eigenvalue weighted by Gasteiger charge is 2.27. The zero-order valence-corrected chi connectivity index (χ0v) is 23.4. The maximum atomic E-state index is 13.5. The number of aromatic nitrogens is 1. The van der Waals surface area contributed by atoms with E-state index in [0.717, 1.165) is 11.3 Å². The summed E-state index contributed by atoms with van der Waals surface area (Å²) >= 11 is 0.985. The van der Waals surface area contributed by atoms with Crippen LogP contribution in [0.2, 0.25) is 0 Å². The summed E-state index contributed by atoms with van der Waals surface area (Å²) in [6.45, 7) is 1.34. The number of likely N-dealkylation sites (N-methyl/N-ethyl adjacent to an activating group) is 1. The third-order valence-corrected chi connectivity index (χ3v) is 7.33. The number of anilines is 4. The van der Waals surface area contributed by atoms with Gasteiger partial charge in [0.1, 0.15) is 34.1 Å². The zero-order valence-electron chi connectivity index (χ0n) is 22.5. The normalized spacial score (nSPS) is 11.4. The van der Waals surface area contributed by atoms with Crippen LogP contribution in [0.25, 0.3) is 0 Å². The highest BCUT2D eigenvalue weighted by Crippen LogP contribution is 2.36. The first-order valence-electron chi connectivity index (χ1n) is 12.4. The number of nitrogens with zero attached hydrogens (tertiary/aromatic N) is 3. The number of halogens is 1. The molecule has 10 nitrogen and oxygen atoms in total. The number of para-hydroxylation sites is 2. The van der Waals surface area contributed by atoms with Crippen LogP contribution in [0.5, 0.6) is 11.5 Å². The number of ketones is 1. The fourth-order valence-electron chi connectivity index (χ4n) is 3.93. The number of ether oxygens (including phenoxy) is 2. The third kappa shape index (κ3) is 6.44. The lowest BCUT2D eigenvalue weighted by Gasteiger charge is -2.26. The van der Waals surface area contributed by atoms with Crippen molar-refractivity contribution in [2.75, 3.05) is 36.3 Å². The van der Waals surface area contributed by atoms with Crippen LogP contribution in [0.15, 0.2) is 72.8 Å². The van der Waals surface area contributed by atoms with Crippen molar-refractivity contribution >= 4 is 51.3 Å². The molecule has 0 aliphatic rings. The fraction of sp³-hybridized carbons (Fsp3) is 0.172. The Hall–Kier alpha value is -4.97. The summed E-state index contributed by atoms with van der Waals surface area (Å²) in [4.78, 5) is 45.4. The van der Waals surface area contributed by atoms with Gasteiger partial charge >= 0.3 is 0 Å². The van der Waals surface area contributed by atoms with Gasteiger partial charge in [-0.3, -0.25) is 14.4 Å². The topological polar surface area (TPSA) is 141 Å². The van der Waals surface area contributed by atoms with Crippen LogP contribution in [0.4, 0.5) is 26.7 Å². The minimum Gasteiger partial charge on any atom is -0.495 e. The predicted octanol–water partition coefficient (Wildman–Crippen LogP) is 4.16. The van der Waals surface area contributed by atoms with Gasteiger partial charge in [0.2, 0.25) is 11.7 Å². The van der Waals surface area contributed by atoms with Gasteiger partial charge in [0, 0.05) is 18.3 Å². The third-order valence-electron chi connectivity index (χ3n) is 6.26. The smallest absolute Gasteiger partial charge is 0.264 e. The molecule has 1 aromatic heterocycles. The molecule has 0 fully saturated rings. The Morgan fingerprint density at radius 2 is 1.68 bits per heavy atom. The van der Waals surface area contributed by atoms with E-state index in [0.29, 0.717) is 28.4 Å². The van der Waals surface area contributed by atoms with Crippen LogP contribution >= 0.6 is 11.3 Å². The molecule has 4 aromatic rings. The molecule has 41 heavy (non-hydrogen) atoms. The molecule has 1 heterocycles. The number of benzene rings is 3.